The van der Waals surface area contributed by atoms with E-state index in [2.05, 4.69) is 17.9 Å². The van der Waals surface area contributed by atoms with Crippen molar-refractivity contribution in [3.63, 3.8) is 0 Å². The van der Waals surface area contributed by atoms with Gasteiger partial charge in [-0.05, 0) is 48.2 Å². The number of esters is 1. The maximum Gasteiger partial charge on any atom is 0.360 e. The molecule has 0 unspecified atom stereocenters. The Morgan fingerprint density at radius 1 is 1.00 bits per heavy atom. The van der Waals surface area contributed by atoms with Gasteiger partial charge in [-0.1, -0.05) is 72.3 Å². The lowest BCUT2D eigenvalue weighted by Crippen LogP contribution is -2.30. The number of fused-ring (bicyclic) bond motifs is 1. The number of halogens is 1. The molecule has 3 aromatic carbocycles. The predicted octanol–water partition coefficient (Wildman–Crippen LogP) is 6.53. The fourth-order valence-corrected chi connectivity index (χ4v) is 4.06. The number of carbonyl (C=O) groups excluding carboxylic acids is 1. The molecular weight excluding hydrogens is 460 g/mol. The first-order valence-electron chi connectivity index (χ1n) is 11.0. The van der Waals surface area contributed by atoms with Crippen molar-refractivity contribution in [3.8, 4) is 24.0 Å². The van der Waals surface area contributed by atoms with Gasteiger partial charge < -0.3 is 9.47 Å². The number of carbonyl (C=O) groups is 1. The third kappa shape index (κ3) is 5.92. The molecule has 6 heteroatoms. The molecule has 0 radical (unpaired) electrons. The predicted molar refractivity (Wildman–Crippen MR) is 141 cm³/mol. The molecule has 0 atom stereocenters. The molecule has 0 saturated carbocycles. The van der Waals surface area contributed by atoms with Crippen molar-refractivity contribution in [2.24, 2.45) is 5.10 Å². The molecule has 35 heavy (non-hydrogen) atoms. The van der Waals surface area contributed by atoms with Crippen molar-refractivity contribution in [1.29, 1.82) is 0 Å². The van der Waals surface area contributed by atoms with E-state index in [1.165, 1.54) is 7.11 Å². The summed E-state index contributed by atoms with van der Waals surface area (Å²) in [7, 11) is 1.36. The van der Waals surface area contributed by atoms with Crippen LogP contribution in [0.3, 0.4) is 0 Å². The van der Waals surface area contributed by atoms with Gasteiger partial charge in [0.1, 0.15) is 6.61 Å². The van der Waals surface area contributed by atoms with Crippen LogP contribution in [0, 0.1) is 12.8 Å². The van der Waals surface area contributed by atoms with Gasteiger partial charge in [-0.25, -0.2) is 4.79 Å². The van der Waals surface area contributed by atoms with Gasteiger partial charge >= 0.3 is 5.97 Å². The number of hydrogen-bond donors (Lipinski definition) is 0. The van der Waals surface area contributed by atoms with Crippen LogP contribution >= 0.6 is 11.6 Å². The summed E-state index contributed by atoms with van der Waals surface area (Å²) in [6.07, 6.45) is 8.00. The molecule has 1 aliphatic rings. The van der Waals surface area contributed by atoms with Crippen molar-refractivity contribution in [2.45, 2.75) is 27.0 Å². The summed E-state index contributed by atoms with van der Waals surface area (Å²) >= 11 is 6.28. The van der Waals surface area contributed by atoms with E-state index < -0.39 is 5.97 Å². The first-order chi connectivity index (χ1) is 17.0. The lowest BCUT2D eigenvalue weighted by molar-refractivity contribution is -0.138. The molecule has 0 aliphatic carbocycles. The first-order valence-corrected chi connectivity index (χ1v) is 11.4. The van der Waals surface area contributed by atoms with Gasteiger partial charge in [0.05, 0.1) is 13.7 Å². The Bertz CT molecular complexity index is 1280. The van der Waals surface area contributed by atoms with Crippen LogP contribution in [-0.2, 0) is 27.4 Å². The second-order valence-corrected chi connectivity index (χ2v) is 8.33. The zero-order chi connectivity index (χ0) is 25.4. The second-order valence-electron chi connectivity index (χ2n) is 7.89. The molecule has 1 heterocycles. The van der Waals surface area contributed by atoms with E-state index in [1.807, 2.05) is 86.6 Å². The average molecular weight is 487 g/mol. The molecular formula is C29H27ClN2O3. The Labute approximate surface area is 211 Å². The van der Waals surface area contributed by atoms with Gasteiger partial charge in [0.25, 0.3) is 0 Å². The summed E-state index contributed by atoms with van der Waals surface area (Å²) in [5.41, 5.74) is 5.92. The number of ether oxygens (including phenoxy) is 2. The fraction of sp³-hybridized carbons (Fsp3) is 0.172. The Kier molecular flexibility index (Phi) is 8.72. The number of hydrogen-bond acceptors (Lipinski definition) is 5. The zero-order valence-corrected chi connectivity index (χ0v) is 20.8. The van der Waals surface area contributed by atoms with Crippen LogP contribution in [0.25, 0.3) is 16.9 Å². The fourth-order valence-electron chi connectivity index (χ4n) is 3.87. The summed E-state index contributed by atoms with van der Waals surface area (Å²) in [6.45, 7) is 4.47. The van der Waals surface area contributed by atoms with Gasteiger partial charge in [-0.15, -0.1) is 12.8 Å². The summed E-state index contributed by atoms with van der Waals surface area (Å²) in [5, 5.41) is 6.95. The number of terminal acetylenes is 1. The zero-order valence-electron chi connectivity index (χ0n) is 20.0. The van der Waals surface area contributed by atoms with Crippen LogP contribution in [0.5, 0.6) is 0 Å². The quantitative estimate of drug-likeness (QED) is 0.226. The van der Waals surface area contributed by atoms with E-state index in [0.29, 0.717) is 23.9 Å². The van der Waals surface area contributed by atoms with Gasteiger partial charge in [0, 0.05) is 16.3 Å². The van der Waals surface area contributed by atoms with E-state index in [-0.39, 0.29) is 5.70 Å². The van der Waals surface area contributed by atoms with Gasteiger partial charge in [-0.3, -0.25) is 5.01 Å². The standard InChI is InChI=1S/C27H25ClN2O3.C2H2/c1-18(2)29-30-16-24-22(20-11-7-12-21(28)15-20)13-8-14-23(24)26(25(30)27(31)32-3)33-17-19-9-5-4-6-10-19;1-2/h4-15H,16-17H2,1-3H3;1-2H. The SMILES string of the molecule is C#C.COC(=O)C1=C(OCc2ccccc2)c2cccc(-c3cccc(Cl)c3)c2CN1N=C(C)C. The molecule has 3 aromatic rings. The van der Waals surface area contributed by atoms with Crippen molar-refractivity contribution in [3.05, 3.63) is 100 Å². The summed E-state index contributed by atoms with van der Waals surface area (Å²) in [5.74, 6) is -0.0531. The van der Waals surface area contributed by atoms with E-state index in [4.69, 9.17) is 21.1 Å². The second kappa shape index (κ2) is 11.9. The third-order valence-corrected chi connectivity index (χ3v) is 5.50. The molecule has 0 saturated heterocycles. The number of methoxy groups -OCH3 is 1. The van der Waals surface area contributed by atoms with Crippen LogP contribution in [0.2, 0.25) is 5.02 Å². The van der Waals surface area contributed by atoms with E-state index in [1.54, 1.807) is 5.01 Å². The van der Waals surface area contributed by atoms with Crippen LogP contribution in [0.15, 0.2) is 83.6 Å². The maximum absolute atomic E-state index is 12.9. The average Bonchev–Trinajstić information content (AvgIpc) is 2.87. The highest BCUT2D eigenvalue weighted by molar-refractivity contribution is 6.30. The molecule has 0 amide bonds. The highest BCUT2D eigenvalue weighted by atomic mass is 35.5. The Morgan fingerprint density at radius 2 is 1.69 bits per heavy atom. The number of nitrogens with zero attached hydrogens (tertiary/aromatic N) is 2. The molecule has 4 rings (SSSR count). The smallest absolute Gasteiger partial charge is 0.360 e. The van der Waals surface area contributed by atoms with E-state index in [0.717, 1.165) is 33.5 Å². The highest BCUT2D eigenvalue weighted by Gasteiger charge is 2.33. The highest BCUT2D eigenvalue weighted by Crippen LogP contribution is 2.39. The summed E-state index contributed by atoms with van der Waals surface area (Å²) in [6, 6.07) is 23.5. The minimum atomic E-state index is -0.498. The summed E-state index contributed by atoms with van der Waals surface area (Å²) < 4.78 is 11.4. The van der Waals surface area contributed by atoms with Crippen molar-refractivity contribution >= 4 is 29.0 Å². The van der Waals surface area contributed by atoms with Crippen LogP contribution in [0.4, 0.5) is 0 Å². The number of hydrazone groups is 1. The maximum atomic E-state index is 12.9. The normalized spacial score (nSPS) is 12.1. The molecule has 0 bridgehead atoms. The van der Waals surface area contributed by atoms with Crippen LogP contribution in [-0.4, -0.2) is 23.8 Å². The molecule has 0 spiro atoms. The van der Waals surface area contributed by atoms with Crippen molar-refractivity contribution in [1.82, 2.24) is 5.01 Å². The molecule has 0 aromatic heterocycles. The van der Waals surface area contributed by atoms with Crippen LogP contribution in [0.1, 0.15) is 30.5 Å². The lowest BCUT2D eigenvalue weighted by atomic mass is 9.91. The Hall–Kier alpha value is -4.01. The minimum absolute atomic E-state index is 0.283. The Balaban J connectivity index is 0.00000167. The number of benzene rings is 3. The van der Waals surface area contributed by atoms with E-state index in [9.17, 15) is 4.79 Å². The van der Waals surface area contributed by atoms with Gasteiger partial charge in [0.15, 0.2) is 11.5 Å². The minimum Gasteiger partial charge on any atom is -0.486 e. The lowest BCUT2D eigenvalue weighted by Gasteiger charge is -2.31. The monoisotopic (exact) mass is 486 g/mol. The number of rotatable bonds is 6. The first kappa shape index (κ1) is 25.6. The molecule has 5 nitrogen and oxygen atoms in total. The molecule has 1 aliphatic heterocycles. The Morgan fingerprint density at radius 3 is 2.34 bits per heavy atom. The molecule has 0 N–H and O–H groups in total. The van der Waals surface area contributed by atoms with Gasteiger partial charge in [0.2, 0.25) is 0 Å². The van der Waals surface area contributed by atoms with Crippen molar-refractivity contribution < 1.29 is 14.3 Å². The van der Waals surface area contributed by atoms with Crippen LogP contribution < -0.4 is 0 Å². The topological polar surface area (TPSA) is 51.1 Å². The third-order valence-electron chi connectivity index (χ3n) is 5.26. The molecule has 178 valence electrons. The largest absolute Gasteiger partial charge is 0.486 e. The summed E-state index contributed by atoms with van der Waals surface area (Å²) in [4.78, 5) is 12.9. The van der Waals surface area contributed by atoms with E-state index >= 15 is 0 Å². The van der Waals surface area contributed by atoms with Gasteiger partial charge in [-0.2, -0.15) is 5.10 Å². The van der Waals surface area contributed by atoms with Crippen molar-refractivity contribution in [2.75, 3.05) is 7.11 Å². The molecule has 0 fully saturated rings.